The van der Waals surface area contributed by atoms with Crippen molar-refractivity contribution in [1.29, 1.82) is 0 Å². The smallest absolute Gasteiger partial charge is 0.239 e. The molecule has 112 valence electrons. The third-order valence-corrected chi connectivity index (χ3v) is 3.20. The molecular weight excluding hydrogens is 256 g/mol. The molecule has 5 nitrogen and oxygen atoms in total. The highest BCUT2D eigenvalue weighted by molar-refractivity contribution is 5.81. The van der Waals surface area contributed by atoms with Gasteiger partial charge in [0.25, 0.3) is 0 Å². The molecule has 0 aliphatic carbocycles. The summed E-state index contributed by atoms with van der Waals surface area (Å²) in [6.45, 7) is 4.33. The minimum Gasteiger partial charge on any atom is -0.497 e. The molecule has 0 fully saturated rings. The van der Waals surface area contributed by atoms with Gasteiger partial charge in [0.1, 0.15) is 11.5 Å². The number of rotatable bonds is 8. The fourth-order valence-electron chi connectivity index (χ4n) is 1.90. The lowest BCUT2D eigenvalue weighted by atomic mass is 10.2. The van der Waals surface area contributed by atoms with Crippen molar-refractivity contribution >= 4 is 11.6 Å². The molecule has 5 heteroatoms. The molecule has 1 aromatic carbocycles. The summed E-state index contributed by atoms with van der Waals surface area (Å²) in [7, 11) is 3.20. The molecule has 0 aliphatic heterocycles. The fourth-order valence-corrected chi connectivity index (χ4v) is 1.90. The fraction of sp³-hybridized carbons (Fsp3) is 0.533. The standard InChI is InChI=1S/C15H24N2O3/c1-5-11(6-2)17-15(18)10-16-13-9-12(19-3)7-8-14(13)20-4/h7-9,11,16H,5-6,10H2,1-4H3,(H,17,18). The summed E-state index contributed by atoms with van der Waals surface area (Å²) in [5.74, 6) is 1.37. The number of hydrogen-bond donors (Lipinski definition) is 2. The third-order valence-electron chi connectivity index (χ3n) is 3.20. The molecule has 2 N–H and O–H groups in total. The number of ether oxygens (including phenoxy) is 2. The van der Waals surface area contributed by atoms with Gasteiger partial charge in [0.2, 0.25) is 5.91 Å². The van der Waals surface area contributed by atoms with E-state index in [0.717, 1.165) is 18.5 Å². The monoisotopic (exact) mass is 280 g/mol. The van der Waals surface area contributed by atoms with Crippen molar-refractivity contribution in [2.24, 2.45) is 0 Å². The maximum absolute atomic E-state index is 11.9. The summed E-state index contributed by atoms with van der Waals surface area (Å²) < 4.78 is 10.4. The molecule has 1 rings (SSSR count). The summed E-state index contributed by atoms with van der Waals surface area (Å²) in [6.07, 6.45) is 1.87. The average Bonchev–Trinajstić information content (AvgIpc) is 2.50. The molecule has 0 bridgehead atoms. The maximum Gasteiger partial charge on any atom is 0.239 e. The van der Waals surface area contributed by atoms with Crippen LogP contribution in [0.5, 0.6) is 11.5 Å². The van der Waals surface area contributed by atoms with E-state index in [1.165, 1.54) is 0 Å². The highest BCUT2D eigenvalue weighted by atomic mass is 16.5. The zero-order valence-electron chi connectivity index (χ0n) is 12.7. The summed E-state index contributed by atoms with van der Waals surface area (Å²) in [5, 5.41) is 6.05. The second kappa shape index (κ2) is 8.30. The lowest BCUT2D eigenvalue weighted by Gasteiger charge is -2.16. The van der Waals surface area contributed by atoms with Crippen molar-refractivity contribution < 1.29 is 14.3 Å². The van der Waals surface area contributed by atoms with Gasteiger partial charge >= 0.3 is 0 Å². The molecule has 0 radical (unpaired) electrons. The van der Waals surface area contributed by atoms with Gasteiger partial charge in [0.05, 0.1) is 26.5 Å². The number of methoxy groups -OCH3 is 2. The van der Waals surface area contributed by atoms with Gasteiger partial charge in [-0.25, -0.2) is 0 Å². The number of carbonyl (C=O) groups excluding carboxylic acids is 1. The van der Waals surface area contributed by atoms with Gasteiger partial charge in [0.15, 0.2) is 0 Å². The molecule has 20 heavy (non-hydrogen) atoms. The van der Waals surface area contributed by atoms with Crippen LogP contribution in [0.15, 0.2) is 18.2 Å². The van der Waals surface area contributed by atoms with E-state index in [2.05, 4.69) is 24.5 Å². The second-order valence-electron chi connectivity index (χ2n) is 4.50. The van der Waals surface area contributed by atoms with E-state index in [4.69, 9.17) is 9.47 Å². The number of hydrogen-bond acceptors (Lipinski definition) is 4. The van der Waals surface area contributed by atoms with Crippen LogP contribution in [0.3, 0.4) is 0 Å². The Labute approximate surface area is 120 Å². The van der Waals surface area contributed by atoms with Crippen molar-refractivity contribution in [1.82, 2.24) is 5.32 Å². The van der Waals surface area contributed by atoms with E-state index >= 15 is 0 Å². The number of nitrogens with one attached hydrogen (secondary N) is 2. The minimum atomic E-state index is -0.0245. The zero-order chi connectivity index (χ0) is 15.0. The van der Waals surface area contributed by atoms with Crippen LogP contribution < -0.4 is 20.1 Å². The van der Waals surface area contributed by atoms with Crippen molar-refractivity contribution in [2.45, 2.75) is 32.7 Å². The van der Waals surface area contributed by atoms with Crippen LogP contribution in [-0.4, -0.2) is 32.7 Å². The van der Waals surface area contributed by atoms with Crippen LogP contribution in [0.25, 0.3) is 0 Å². The molecule has 1 amide bonds. The van der Waals surface area contributed by atoms with E-state index in [9.17, 15) is 4.79 Å². The van der Waals surface area contributed by atoms with Gasteiger partial charge in [-0.15, -0.1) is 0 Å². The number of anilines is 1. The Hall–Kier alpha value is -1.91. The van der Waals surface area contributed by atoms with Gasteiger partial charge < -0.3 is 20.1 Å². The first-order chi connectivity index (χ1) is 9.64. The quantitative estimate of drug-likeness (QED) is 0.768. The first kappa shape index (κ1) is 16.1. The highest BCUT2D eigenvalue weighted by Crippen LogP contribution is 2.28. The van der Waals surface area contributed by atoms with E-state index in [1.807, 2.05) is 12.1 Å². The van der Waals surface area contributed by atoms with E-state index < -0.39 is 0 Å². The zero-order valence-corrected chi connectivity index (χ0v) is 12.7. The van der Waals surface area contributed by atoms with Gasteiger partial charge in [-0.3, -0.25) is 4.79 Å². The van der Waals surface area contributed by atoms with Crippen molar-refractivity contribution in [3.63, 3.8) is 0 Å². The lowest BCUT2D eigenvalue weighted by Crippen LogP contribution is -2.37. The van der Waals surface area contributed by atoms with Gasteiger partial charge in [-0.1, -0.05) is 13.8 Å². The summed E-state index contributed by atoms with van der Waals surface area (Å²) in [4.78, 5) is 11.9. The Kier molecular flexibility index (Phi) is 6.70. The molecule has 0 unspecified atom stereocenters. The Morgan fingerprint density at radius 1 is 1.20 bits per heavy atom. The Morgan fingerprint density at radius 3 is 2.45 bits per heavy atom. The molecule has 0 aliphatic rings. The van der Waals surface area contributed by atoms with Crippen molar-refractivity contribution in [3.05, 3.63) is 18.2 Å². The number of amides is 1. The molecule has 1 aromatic rings. The first-order valence-electron chi connectivity index (χ1n) is 6.89. The molecule has 0 spiro atoms. The summed E-state index contributed by atoms with van der Waals surface area (Å²) >= 11 is 0. The highest BCUT2D eigenvalue weighted by Gasteiger charge is 2.10. The SMILES string of the molecule is CCC(CC)NC(=O)CNc1cc(OC)ccc1OC. The molecule has 0 saturated heterocycles. The topological polar surface area (TPSA) is 59.6 Å². The molecule has 0 atom stereocenters. The Bertz CT molecular complexity index is 431. The van der Waals surface area contributed by atoms with E-state index in [0.29, 0.717) is 11.5 Å². The normalized spacial score (nSPS) is 10.2. The predicted octanol–water partition coefficient (Wildman–Crippen LogP) is 2.42. The molecular formula is C15H24N2O3. The van der Waals surface area contributed by atoms with Crippen LogP contribution in [0.1, 0.15) is 26.7 Å². The number of carbonyl (C=O) groups is 1. The third kappa shape index (κ3) is 4.64. The first-order valence-corrected chi connectivity index (χ1v) is 6.89. The Morgan fingerprint density at radius 2 is 1.90 bits per heavy atom. The summed E-state index contributed by atoms with van der Waals surface area (Å²) in [5.41, 5.74) is 0.742. The average molecular weight is 280 g/mol. The van der Waals surface area contributed by atoms with Gasteiger partial charge in [-0.2, -0.15) is 0 Å². The van der Waals surface area contributed by atoms with Crippen LogP contribution in [0.2, 0.25) is 0 Å². The van der Waals surface area contributed by atoms with Gasteiger partial charge in [0, 0.05) is 12.1 Å². The summed E-state index contributed by atoms with van der Waals surface area (Å²) in [6, 6.07) is 5.66. The van der Waals surface area contributed by atoms with Crippen LogP contribution >= 0.6 is 0 Å². The van der Waals surface area contributed by atoms with Crippen LogP contribution in [-0.2, 0) is 4.79 Å². The molecule has 0 saturated carbocycles. The van der Waals surface area contributed by atoms with Gasteiger partial charge in [-0.05, 0) is 25.0 Å². The lowest BCUT2D eigenvalue weighted by molar-refractivity contribution is -0.120. The van der Waals surface area contributed by atoms with Crippen LogP contribution in [0, 0.1) is 0 Å². The maximum atomic E-state index is 11.9. The minimum absolute atomic E-state index is 0.0245. The van der Waals surface area contributed by atoms with E-state index in [1.54, 1.807) is 20.3 Å². The van der Waals surface area contributed by atoms with Crippen molar-refractivity contribution in [2.75, 3.05) is 26.1 Å². The van der Waals surface area contributed by atoms with Crippen LogP contribution in [0.4, 0.5) is 5.69 Å². The largest absolute Gasteiger partial charge is 0.497 e. The Balaban J connectivity index is 2.62. The van der Waals surface area contributed by atoms with Crippen molar-refractivity contribution in [3.8, 4) is 11.5 Å². The number of benzene rings is 1. The second-order valence-corrected chi connectivity index (χ2v) is 4.50. The predicted molar refractivity (Wildman–Crippen MR) is 80.5 cm³/mol. The molecule has 0 heterocycles. The molecule has 0 aromatic heterocycles. The van der Waals surface area contributed by atoms with E-state index in [-0.39, 0.29) is 18.5 Å².